The molecule has 2 aliphatic rings. The zero-order valence-electron chi connectivity index (χ0n) is 17.6. The molecule has 1 aromatic carbocycles. The number of halogens is 3. The van der Waals surface area contributed by atoms with Gasteiger partial charge in [0.2, 0.25) is 5.91 Å². The Morgan fingerprint density at radius 2 is 2.03 bits per heavy atom. The lowest BCUT2D eigenvalue weighted by molar-refractivity contribution is -0.119. The number of nitrogens with zero attached hydrogens (tertiary/aromatic N) is 1. The third-order valence-corrected chi connectivity index (χ3v) is 5.13. The van der Waals surface area contributed by atoms with Gasteiger partial charge in [0.1, 0.15) is 24.2 Å². The SMILES string of the molecule is CC(=O)NC(C)c1ccc(OC2CCN(C3=CC=CCC(OCC(F)F)=C3F)C2)cc1. The Bertz CT molecular complexity index is 865. The molecule has 31 heavy (non-hydrogen) atoms. The second kappa shape index (κ2) is 10.4. The summed E-state index contributed by atoms with van der Waals surface area (Å²) in [6, 6.07) is 7.40. The summed E-state index contributed by atoms with van der Waals surface area (Å²) in [6.45, 7) is 3.61. The lowest BCUT2D eigenvalue weighted by Crippen LogP contribution is -2.25. The van der Waals surface area contributed by atoms with Crippen molar-refractivity contribution in [3.05, 3.63) is 65.3 Å². The molecule has 1 aliphatic carbocycles. The lowest BCUT2D eigenvalue weighted by Gasteiger charge is -2.22. The topological polar surface area (TPSA) is 50.8 Å². The molecule has 1 amide bonds. The molecule has 0 saturated carbocycles. The van der Waals surface area contributed by atoms with Crippen LogP contribution in [-0.2, 0) is 9.53 Å². The van der Waals surface area contributed by atoms with Crippen LogP contribution >= 0.6 is 0 Å². The van der Waals surface area contributed by atoms with E-state index in [0.717, 1.165) is 5.56 Å². The number of carbonyl (C=O) groups is 1. The van der Waals surface area contributed by atoms with Crippen molar-refractivity contribution in [1.82, 2.24) is 10.2 Å². The van der Waals surface area contributed by atoms with Gasteiger partial charge in [0.25, 0.3) is 6.43 Å². The molecule has 0 bridgehead atoms. The van der Waals surface area contributed by atoms with E-state index >= 15 is 0 Å². The molecule has 0 radical (unpaired) electrons. The maximum atomic E-state index is 14.9. The fourth-order valence-electron chi connectivity index (χ4n) is 3.63. The van der Waals surface area contributed by atoms with Crippen LogP contribution in [0.5, 0.6) is 5.75 Å². The molecule has 0 aromatic heterocycles. The molecule has 168 valence electrons. The highest BCUT2D eigenvalue weighted by Gasteiger charge is 2.29. The summed E-state index contributed by atoms with van der Waals surface area (Å²) < 4.78 is 50.9. The smallest absolute Gasteiger partial charge is 0.272 e. The molecule has 2 unspecified atom stereocenters. The van der Waals surface area contributed by atoms with E-state index in [9.17, 15) is 18.0 Å². The Labute approximate surface area is 180 Å². The fraction of sp³-hybridized carbons (Fsp3) is 0.435. The number of carbonyl (C=O) groups excluding carboxylic acids is 1. The van der Waals surface area contributed by atoms with Crippen molar-refractivity contribution in [2.45, 2.75) is 45.3 Å². The Morgan fingerprint density at radius 3 is 2.71 bits per heavy atom. The van der Waals surface area contributed by atoms with Crippen LogP contribution in [0.1, 0.15) is 38.3 Å². The molecular formula is C23H27F3N2O3. The first kappa shape index (κ1) is 22.8. The molecule has 1 fully saturated rings. The third kappa shape index (κ3) is 6.29. The Kier molecular flexibility index (Phi) is 7.65. The molecule has 0 spiro atoms. The summed E-state index contributed by atoms with van der Waals surface area (Å²) in [5, 5.41) is 2.83. The second-order valence-electron chi connectivity index (χ2n) is 7.59. The van der Waals surface area contributed by atoms with Crippen molar-refractivity contribution in [3.8, 4) is 5.75 Å². The first-order valence-electron chi connectivity index (χ1n) is 10.3. The molecule has 2 atom stereocenters. The monoisotopic (exact) mass is 436 g/mol. The zero-order valence-corrected chi connectivity index (χ0v) is 17.6. The minimum absolute atomic E-state index is 0.0754. The number of likely N-dealkylation sites (tertiary alicyclic amines) is 1. The van der Waals surface area contributed by atoms with Crippen LogP contribution in [0.2, 0.25) is 0 Å². The average Bonchev–Trinajstić information content (AvgIpc) is 3.09. The number of hydrogen-bond donors (Lipinski definition) is 1. The maximum Gasteiger partial charge on any atom is 0.272 e. The van der Waals surface area contributed by atoms with Gasteiger partial charge in [-0.1, -0.05) is 24.3 Å². The van der Waals surface area contributed by atoms with E-state index in [-0.39, 0.29) is 30.2 Å². The van der Waals surface area contributed by atoms with Crippen molar-refractivity contribution in [2.24, 2.45) is 0 Å². The van der Waals surface area contributed by atoms with Crippen LogP contribution < -0.4 is 10.1 Å². The summed E-state index contributed by atoms with van der Waals surface area (Å²) >= 11 is 0. The molecule has 5 nitrogen and oxygen atoms in total. The number of alkyl halides is 2. The quantitative estimate of drug-likeness (QED) is 0.645. The van der Waals surface area contributed by atoms with E-state index < -0.39 is 18.9 Å². The number of nitrogens with one attached hydrogen (secondary N) is 1. The van der Waals surface area contributed by atoms with E-state index in [0.29, 0.717) is 31.0 Å². The van der Waals surface area contributed by atoms with E-state index in [4.69, 9.17) is 9.47 Å². The molecule has 1 aliphatic heterocycles. The summed E-state index contributed by atoms with van der Waals surface area (Å²) in [4.78, 5) is 13.0. The van der Waals surface area contributed by atoms with Crippen LogP contribution in [0.4, 0.5) is 13.2 Å². The molecule has 3 rings (SSSR count). The summed E-state index contributed by atoms with van der Waals surface area (Å²) in [7, 11) is 0. The third-order valence-electron chi connectivity index (χ3n) is 5.13. The van der Waals surface area contributed by atoms with Gasteiger partial charge in [-0.05, 0) is 30.7 Å². The van der Waals surface area contributed by atoms with Gasteiger partial charge in [-0.15, -0.1) is 0 Å². The van der Waals surface area contributed by atoms with Crippen LogP contribution in [0, 0.1) is 0 Å². The van der Waals surface area contributed by atoms with Crippen molar-refractivity contribution < 1.29 is 27.4 Å². The maximum absolute atomic E-state index is 14.9. The number of hydrogen-bond acceptors (Lipinski definition) is 4. The van der Waals surface area contributed by atoms with Crippen molar-refractivity contribution in [2.75, 3.05) is 19.7 Å². The van der Waals surface area contributed by atoms with Crippen LogP contribution in [0.25, 0.3) is 0 Å². The zero-order chi connectivity index (χ0) is 22.4. The van der Waals surface area contributed by atoms with Gasteiger partial charge in [0.15, 0.2) is 5.83 Å². The average molecular weight is 436 g/mol. The Morgan fingerprint density at radius 1 is 1.29 bits per heavy atom. The highest BCUT2D eigenvalue weighted by atomic mass is 19.3. The number of ether oxygens (including phenoxy) is 2. The molecule has 1 saturated heterocycles. The lowest BCUT2D eigenvalue weighted by atomic mass is 10.1. The van der Waals surface area contributed by atoms with E-state index in [1.165, 1.54) is 6.92 Å². The van der Waals surface area contributed by atoms with E-state index in [2.05, 4.69) is 5.32 Å². The Hall–Kier alpha value is -2.90. The minimum Gasteiger partial charge on any atom is -0.489 e. The highest BCUT2D eigenvalue weighted by Crippen LogP contribution is 2.30. The summed E-state index contributed by atoms with van der Waals surface area (Å²) in [5.41, 5.74) is 1.29. The molecule has 1 heterocycles. The van der Waals surface area contributed by atoms with Gasteiger partial charge in [-0.25, -0.2) is 13.2 Å². The minimum atomic E-state index is -2.66. The van der Waals surface area contributed by atoms with Crippen molar-refractivity contribution in [1.29, 1.82) is 0 Å². The largest absolute Gasteiger partial charge is 0.489 e. The van der Waals surface area contributed by atoms with Crippen LogP contribution in [0.3, 0.4) is 0 Å². The first-order chi connectivity index (χ1) is 14.8. The van der Waals surface area contributed by atoms with Crippen LogP contribution in [0.15, 0.2) is 59.8 Å². The molecule has 8 heteroatoms. The summed E-state index contributed by atoms with van der Waals surface area (Å²) in [5.74, 6) is -0.0842. The van der Waals surface area contributed by atoms with Crippen molar-refractivity contribution in [3.63, 3.8) is 0 Å². The first-order valence-corrected chi connectivity index (χ1v) is 10.3. The molecular weight excluding hydrogens is 409 g/mol. The van der Waals surface area contributed by atoms with E-state index in [1.54, 1.807) is 18.2 Å². The number of amides is 1. The normalized spacial score (nSPS) is 19.9. The number of allylic oxidation sites excluding steroid dienone is 4. The Balaban J connectivity index is 1.60. The predicted molar refractivity (Wildman–Crippen MR) is 111 cm³/mol. The molecule has 1 N–H and O–H groups in total. The van der Waals surface area contributed by atoms with Crippen molar-refractivity contribution >= 4 is 5.91 Å². The highest BCUT2D eigenvalue weighted by molar-refractivity contribution is 5.73. The van der Waals surface area contributed by atoms with Gasteiger partial charge in [-0.3, -0.25) is 4.79 Å². The second-order valence-corrected chi connectivity index (χ2v) is 7.59. The summed E-state index contributed by atoms with van der Waals surface area (Å²) in [6.07, 6.45) is 3.07. The fourth-order valence-corrected chi connectivity index (χ4v) is 3.63. The van der Waals surface area contributed by atoms with Gasteiger partial charge < -0.3 is 19.7 Å². The van der Waals surface area contributed by atoms with Crippen LogP contribution in [-0.4, -0.2) is 43.0 Å². The standard InChI is InChI=1S/C23H27F3N2O3/c1-15(27-16(2)29)17-7-9-18(10-8-17)31-19-11-12-28(13-19)20-5-3-4-6-21(23(20)26)30-14-22(24)25/h3-5,7-10,15,19,22H,6,11-14H2,1-2H3,(H,27,29). The van der Waals surface area contributed by atoms with Gasteiger partial charge in [0, 0.05) is 26.3 Å². The number of benzene rings is 1. The number of rotatable bonds is 8. The molecule has 1 aromatic rings. The van der Waals surface area contributed by atoms with Gasteiger partial charge in [0.05, 0.1) is 18.3 Å². The predicted octanol–water partition coefficient (Wildman–Crippen LogP) is 4.64. The van der Waals surface area contributed by atoms with E-state index in [1.807, 2.05) is 36.1 Å². The van der Waals surface area contributed by atoms with Gasteiger partial charge in [-0.2, -0.15) is 0 Å². The van der Waals surface area contributed by atoms with Gasteiger partial charge >= 0.3 is 0 Å².